The Kier molecular flexibility index (Phi) is 5.71. The molecule has 1 fully saturated rings. The van der Waals surface area contributed by atoms with Crippen LogP contribution < -0.4 is 10.2 Å². The Labute approximate surface area is 149 Å². The third-order valence-electron chi connectivity index (χ3n) is 4.99. The molecule has 2 aromatic rings. The molecule has 1 heterocycles. The van der Waals surface area contributed by atoms with E-state index < -0.39 is 0 Å². The number of hydrogen-bond acceptors (Lipinski definition) is 3. The number of aliphatic hydroxyl groups excluding tert-OH is 1. The van der Waals surface area contributed by atoms with Crippen LogP contribution in [0.15, 0.2) is 42.5 Å². The highest BCUT2D eigenvalue weighted by molar-refractivity contribution is 5.55. The summed E-state index contributed by atoms with van der Waals surface area (Å²) in [7, 11) is 0. The van der Waals surface area contributed by atoms with Gasteiger partial charge in [-0.1, -0.05) is 29.8 Å². The standard InChI is InChI=1S/C21H27FN2O/c1-15-3-5-17(6-4-15)14-23-16(2)20-13-18(22)7-8-21(20)24-11-9-19(25)10-12-24/h3-8,13,16,19,23,25H,9-12,14H2,1-2H3. The fraction of sp³-hybridized carbons (Fsp3) is 0.429. The van der Waals surface area contributed by atoms with E-state index >= 15 is 0 Å². The molecule has 0 bridgehead atoms. The number of anilines is 1. The van der Waals surface area contributed by atoms with Gasteiger partial charge in [-0.15, -0.1) is 0 Å². The number of aryl methyl sites for hydroxylation is 1. The smallest absolute Gasteiger partial charge is 0.123 e. The van der Waals surface area contributed by atoms with Crippen LogP contribution in [0, 0.1) is 12.7 Å². The van der Waals surface area contributed by atoms with Gasteiger partial charge in [-0.2, -0.15) is 0 Å². The second-order valence-corrected chi connectivity index (χ2v) is 7.01. The fourth-order valence-electron chi connectivity index (χ4n) is 3.35. The lowest BCUT2D eigenvalue weighted by atomic mass is 10.0. The average Bonchev–Trinajstić information content (AvgIpc) is 2.62. The van der Waals surface area contributed by atoms with E-state index in [-0.39, 0.29) is 18.0 Å². The highest BCUT2D eigenvalue weighted by atomic mass is 19.1. The normalized spacial score (nSPS) is 16.9. The minimum absolute atomic E-state index is 0.0406. The largest absolute Gasteiger partial charge is 0.393 e. The molecule has 3 rings (SSSR count). The zero-order chi connectivity index (χ0) is 17.8. The van der Waals surface area contributed by atoms with Crippen molar-refractivity contribution in [3.8, 4) is 0 Å². The first-order chi connectivity index (χ1) is 12.0. The molecule has 3 nitrogen and oxygen atoms in total. The molecule has 1 atom stereocenters. The number of piperidine rings is 1. The van der Waals surface area contributed by atoms with Crippen LogP contribution in [0.3, 0.4) is 0 Å². The SMILES string of the molecule is Cc1ccc(CNC(C)c2cc(F)ccc2N2CCC(O)CC2)cc1. The average molecular weight is 342 g/mol. The second-order valence-electron chi connectivity index (χ2n) is 7.01. The van der Waals surface area contributed by atoms with E-state index in [0.29, 0.717) is 0 Å². The number of benzene rings is 2. The minimum atomic E-state index is -0.211. The van der Waals surface area contributed by atoms with Gasteiger partial charge in [0, 0.05) is 31.4 Å². The zero-order valence-electron chi connectivity index (χ0n) is 15.0. The van der Waals surface area contributed by atoms with E-state index in [9.17, 15) is 9.50 Å². The van der Waals surface area contributed by atoms with E-state index in [1.807, 2.05) is 6.07 Å². The molecular formula is C21H27FN2O. The molecule has 1 saturated heterocycles. The van der Waals surface area contributed by atoms with Gasteiger partial charge in [-0.25, -0.2) is 4.39 Å². The molecule has 1 unspecified atom stereocenters. The van der Waals surface area contributed by atoms with Crippen LogP contribution in [-0.2, 0) is 6.54 Å². The molecule has 25 heavy (non-hydrogen) atoms. The van der Waals surface area contributed by atoms with E-state index in [1.54, 1.807) is 6.07 Å². The van der Waals surface area contributed by atoms with E-state index in [1.165, 1.54) is 17.2 Å². The summed E-state index contributed by atoms with van der Waals surface area (Å²) in [4.78, 5) is 2.26. The van der Waals surface area contributed by atoms with E-state index in [2.05, 4.69) is 48.3 Å². The zero-order valence-corrected chi connectivity index (χ0v) is 15.0. The van der Waals surface area contributed by atoms with Crippen molar-refractivity contribution in [1.29, 1.82) is 0 Å². The molecule has 0 radical (unpaired) electrons. The summed E-state index contributed by atoms with van der Waals surface area (Å²) in [5.74, 6) is -0.209. The first-order valence-corrected chi connectivity index (χ1v) is 9.04. The number of nitrogens with zero attached hydrogens (tertiary/aromatic N) is 1. The van der Waals surface area contributed by atoms with Crippen LogP contribution in [-0.4, -0.2) is 24.3 Å². The summed E-state index contributed by atoms with van der Waals surface area (Å²) in [6.07, 6.45) is 1.32. The maximum Gasteiger partial charge on any atom is 0.123 e. The van der Waals surface area contributed by atoms with Gasteiger partial charge in [0.1, 0.15) is 5.82 Å². The topological polar surface area (TPSA) is 35.5 Å². The van der Waals surface area contributed by atoms with Crippen molar-refractivity contribution in [3.05, 3.63) is 65.0 Å². The molecule has 0 spiro atoms. The molecule has 1 aliphatic rings. The van der Waals surface area contributed by atoms with Crippen LogP contribution >= 0.6 is 0 Å². The first-order valence-electron chi connectivity index (χ1n) is 9.04. The van der Waals surface area contributed by atoms with Crippen LogP contribution in [0.2, 0.25) is 0 Å². The molecule has 0 amide bonds. The van der Waals surface area contributed by atoms with Gasteiger partial charge in [-0.3, -0.25) is 0 Å². The minimum Gasteiger partial charge on any atom is -0.393 e. The van der Waals surface area contributed by atoms with E-state index in [0.717, 1.165) is 43.7 Å². The Morgan fingerprint density at radius 1 is 1.16 bits per heavy atom. The van der Waals surface area contributed by atoms with Crippen molar-refractivity contribution in [1.82, 2.24) is 5.32 Å². The van der Waals surface area contributed by atoms with Gasteiger partial charge < -0.3 is 15.3 Å². The molecule has 4 heteroatoms. The van der Waals surface area contributed by atoms with Crippen molar-refractivity contribution < 1.29 is 9.50 Å². The maximum atomic E-state index is 13.9. The summed E-state index contributed by atoms with van der Waals surface area (Å²) < 4.78 is 13.9. The lowest BCUT2D eigenvalue weighted by Crippen LogP contribution is -2.37. The molecular weight excluding hydrogens is 315 g/mol. The lowest BCUT2D eigenvalue weighted by molar-refractivity contribution is 0.145. The lowest BCUT2D eigenvalue weighted by Gasteiger charge is -2.34. The van der Waals surface area contributed by atoms with Crippen molar-refractivity contribution in [2.75, 3.05) is 18.0 Å². The Morgan fingerprint density at radius 3 is 2.52 bits per heavy atom. The molecule has 0 aromatic heterocycles. The Hall–Kier alpha value is -1.91. The summed E-state index contributed by atoms with van der Waals surface area (Å²) in [6, 6.07) is 13.5. The molecule has 1 aliphatic heterocycles. The monoisotopic (exact) mass is 342 g/mol. The van der Waals surface area contributed by atoms with Gasteiger partial charge in [0.05, 0.1) is 6.10 Å². The Bertz CT molecular complexity index is 694. The number of nitrogens with one attached hydrogen (secondary N) is 1. The fourth-order valence-corrected chi connectivity index (χ4v) is 3.35. The van der Waals surface area contributed by atoms with Gasteiger partial charge in [0.25, 0.3) is 0 Å². The van der Waals surface area contributed by atoms with Crippen LogP contribution in [0.4, 0.5) is 10.1 Å². The molecule has 2 aromatic carbocycles. The highest BCUT2D eigenvalue weighted by Crippen LogP contribution is 2.30. The van der Waals surface area contributed by atoms with Crippen LogP contribution in [0.5, 0.6) is 0 Å². The summed E-state index contributed by atoms with van der Waals surface area (Å²) >= 11 is 0. The second kappa shape index (κ2) is 7.98. The highest BCUT2D eigenvalue weighted by Gasteiger charge is 2.21. The van der Waals surface area contributed by atoms with Gasteiger partial charge >= 0.3 is 0 Å². The van der Waals surface area contributed by atoms with Crippen molar-refractivity contribution >= 4 is 5.69 Å². The predicted octanol–water partition coefficient (Wildman–Crippen LogP) is 3.95. The number of halogens is 1. The quantitative estimate of drug-likeness (QED) is 0.864. The van der Waals surface area contributed by atoms with Gasteiger partial charge in [-0.05, 0) is 56.0 Å². The summed E-state index contributed by atoms with van der Waals surface area (Å²) in [5.41, 5.74) is 4.51. The Balaban J connectivity index is 1.73. The van der Waals surface area contributed by atoms with Gasteiger partial charge in [0.15, 0.2) is 0 Å². The third kappa shape index (κ3) is 4.59. The van der Waals surface area contributed by atoms with Gasteiger partial charge in [0.2, 0.25) is 0 Å². The third-order valence-corrected chi connectivity index (χ3v) is 4.99. The number of rotatable bonds is 5. The number of aliphatic hydroxyl groups is 1. The van der Waals surface area contributed by atoms with Crippen molar-refractivity contribution in [2.45, 2.75) is 45.4 Å². The van der Waals surface area contributed by atoms with E-state index in [4.69, 9.17) is 0 Å². The molecule has 0 aliphatic carbocycles. The van der Waals surface area contributed by atoms with Crippen LogP contribution in [0.25, 0.3) is 0 Å². The van der Waals surface area contributed by atoms with Crippen molar-refractivity contribution in [3.63, 3.8) is 0 Å². The molecule has 0 saturated carbocycles. The Morgan fingerprint density at radius 2 is 1.84 bits per heavy atom. The first kappa shape index (κ1) is 17.9. The summed E-state index contributed by atoms with van der Waals surface area (Å²) in [5, 5.41) is 13.2. The summed E-state index contributed by atoms with van der Waals surface area (Å²) in [6.45, 7) is 6.52. The van der Waals surface area contributed by atoms with Crippen molar-refractivity contribution in [2.24, 2.45) is 0 Å². The predicted molar refractivity (Wildman–Crippen MR) is 100 cm³/mol. The molecule has 134 valence electrons. The maximum absolute atomic E-state index is 13.9. The molecule has 2 N–H and O–H groups in total. The number of hydrogen-bond donors (Lipinski definition) is 2. The van der Waals surface area contributed by atoms with Crippen LogP contribution in [0.1, 0.15) is 42.5 Å².